The molecule has 0 saturated carbocycles. The summed E-state index contributed by atoms with van der Waals surface area (Å²) >= 11 is 0. The first-order valence-corrected chi connectivity index (χ1v) is 6.84. The maximum atomic E-state index is 11.6. The van der Waals surface area contributed by atoms with E-state index < -0.39 is 11.9 Å². The van der Waals surface area contributed by atoms with Gasteiger partial charge in [-0.05, 0) is 31.0 Å². The summed E-state index contributed by atoms with van der Waals surface area (Å²) in [6.07, 6.45) is 2.49. The Bertz CT molecular complexity index is 634. The van der Waals surface area contributed by atoms with Gasteiger partial charge in [-0.1, -0.05) is 18.2 Å². The van der Waals surface area contributed by atoms with E-state index in [9.17, 15) is 9.59 Å². The number of pyridine rings is 1. The van der Waals surface area contributed by atoms with Crippen molar-refractivity contribution in [2.45, 2.75) is 19.8 Å². The molecule has 0 radical (unpaired) electrons. The van der Waals surface area contributed by atoms with Gasteiger partial charge in [-0.2, -0.15) is 0 Å². The maximum absolute atomic E-state index is 11.6. The van der Waals surface area contributed by atoms with Crippen LogP contribution in [-0.2, 0) is 25.5 Å². The maximum Gasteiger partial charge on any atom is 0.344 e. The lowest BCUT2D eigenvalue weighted by Gasteiger charge is -2.06. The molecule has 0 aliphatic heterocycles. The number of benzene rings is 1. The normalized spacial score (nSPS) is 10.3. The van der Waals surface area contributed by atoms with Crippen molar-refractivity contribution >= 4 is 22.8 Å². The van der Waals surface area contributed by atoms with Crippen molar-refractivity contribution in [1.82, 2.24) is 4.98 Å². The summed E-state index contributed by atoms with van der Waals surface area (Å²) in [4.78, 5) is 27.0. The average molecular weight is 287 g/mol. The van der Waals surface area contributed by atoms with Gasteiger partial charge in [0.05, 0.1) is 12.1 Å². The Hall–Kier alpha value is -2.43. The number of aryl methyl sites for hydroxylation is 1. The summed E-state index contributed by atoms with van der Waals surface area (Å²) in [6.45, 7) is 1.65. The number of carbonyl (C=O) groups excluding carboxylic acids is 2. The third-order valence-electron chi connectivity index (χ3n) is 2.99. The number of esters is 2. The van der Waals surface area contributed by atoms with Crippen LogP contribution in [0.5, 0.6) is 0 Å². The minimum absolute atomic E-state index is 0.216. The van der Waals surface area contributed by atoms with Crippen molar-refractivity contribution in [1.29, 1.82) is 0 Å². The van der Waals surface area contributed by atoms with Crippen molar-refractivity contribution in [2.75, 3.05) is 13.2 Å². The smallest absolute Gasteiger partial charge is 0.344 e. The topological polar surface area (TPSA) is 65.5 Å². The van der Waals surface area contributed by atoms with Gasteiger partial charge in [0, 0.05) is 18.0 Å². The zero-order valence-corrected chi connectivity index (χ0v) is 11.9. The number of carbonyl (C=O) groups is 2. The first kappa shape index (κ1) is 15.0. The van der Waals surface area contributed by atoms with Crippen LogP contribution in [-0.4, -0.2) is 30.1 Å². The fraction of sp³-hybridized carbons (Fsp3) is 0.312. The van der Waals surface area contributed by atoms with Gasteiger partial charge in [0.1, 0.15) is 0 Å². The van der Waals surface area contributed by atoms with Crippen molar-refractivity contribution in [3.63, 3.8) is 0 Å². The van der Waals surface area contributed by atoms with Gasteiger partial charge in [-0.3, -0.25) is 9.78 Å². The van der Waals surface area contributed by atoms with E-state index in [4.69, 9.17) is 4.74 Å². The number of ether oxygens (including phenoxy) is 2. The van der Waals surface area contributed by atoms with Gasteiger partial charge in [0.15, 0.2) is 6.61 Å². The van der Waals surface area contributed by atoms with Crippen molar-refractivity contribution in [2.24, 2.45) is 0 Å². The molecule has 0 fully saturated rings. The third kappa shape index (κ3) is 4.27. The summed E-state index contributed by atoms with van der Waals surface area (Å²) in [7, 11) is 0. The fourth-order valence-electron chi connectivity index (χ4n) is 2.02. The fourth-order valence-corrected chi connectivity index (χ4v) is 2.02. The molecule has 1 aromatic carbocycles. The van der Waals surface area contributed by atoms with Gasteiger partial charge in [-0.25, -0.2) is 4.79 Å². The van der Waals surface area contributed by atoms with Crippen LogP contribution in [0, 0.1) is 0 Å². The number of hydrogen-bond donors (Lipinski definition) is 0. The molecule has 0 N–H and O–H groups in total. The van der Waals surface area contributed by atoms with E-state index >= 15 is 0 Å². The van der Waals surface area contributed by atoms with Crippen LogP contribution in [0.2, 0.25) is 0 Å². The highest BCUT2D eigenvalue weighted by molar-refractivity contribution is 5.82. The molecule has 0 unspecified atom stereocenters. The number of rotatable bonds is 6. The molecule has 0 bridgehead atoms. The van der Waals surface area contributed by atoms with E-state index in [1.54, 1.807) is 13.1 Å². The summed E-state index contributed by atoms with van der Waals surface area (Å²) < 4.78 is 9.55. The standard InChI is InChI=1S/C16H17NO4/c1-2-20-16(19)11-21-15(18)8-7-12-9-10-17-14-6-4-3-5-13(12)14/h3-6,9-10H,2,7-8,11H2,1H3. The summed E-state index contributed by atoms with van der Waals surface area (Å²) in [5, 5.41) is 1.03. The molecule has 0 aliphatic rings. The van der Waals surface area contributed by atoms with Gasteiger partial charge < -0.3 is 9.47 Å². The molecule has 1 heterocycles. The molecule has 2 aromatic rings. The lowest BCUT2D eigenvalue weighted by atomic mass is 10.0. The molecule has 1 aromatic heterocycles. The van der Waals surface area contributed by atoms with E-state index in [1.165, 1.54) is 0 Å². The van der Waals surface area contributed by atoms with Crippen molar-refractivity contribution in [3.8, 4) is 0 Å². The molecule has 0 spiro atoms. The number of fused-ring (bicyclic) bond motifs is 1. The molecular weight excluding hydrogens is 270 g/mol. The Morgan fingerprint density at radius 3 is 2.71 bits per heavy atom. The Morgan fingerprint density at radius 1 is 1.10 bits per heavy atom. The number of aromatic nitrogens is 1. The third-order valence-corrected chi connectivity index (χ3v) is 2.99. The van der Waals surface area contributed by atoms with E-state index in [0.29, 0.717) is 6.42 Å². The van der Waals surface area contributed by atoms with E-state index in [2.05, 4.69) is 9.72 Å². The molecule has 0 saturated heterocycles. The molecule has 5 nitrogen and oxygen atoms in total. The van der Waals surface area contributed by atoms with Crippen LogP contribution in [0.15, 0.2) is 36.5 Å². The number of hydrogen-bond acceptors (Lipinski definition) is 5. The lowest BCUT2D eigenvalue weighted by Crippen LogP contribution is -2.16. The van der Waals surface area contributed by atoms with Crippen LogP contribution >= 0.6 is 0 Å². The van der Waals surface area contributed by atoms with Crippen molar-refractivity contribution in [3.05, 3.63) is 42.1 Å². The highest BCUT2D eigenvalue weighted by Crippen LogP contribution is 2.17. The molecule has 5 heteroatoms. The van der Waals surface area contributed by atoms with Gasteiger partial charge in [0.2, 0.25) is 0 Å². The Balaban J connectivity index is 1.90. The molecule has 0 amide bonds. The van der Waals surface area contributed by atoms with Crippen LogP contribution in [0.25, 0.3) is 10.9 Å². The van der Waals surface area contributed by atoms with Gasteiger partial charge in [0.25, 0.3) is 0 Å². The van der Waals surface area contributed by atoms with Gasteiger partial charge in [-0.15, -0.1) is 0 Å². The predicted molar refractivity (Wildman–Crippen MR) is 77.7 cm³/mol. The zero-order valence-electron chi connectivity index (χ0n) is 11.9. The second kappa shape index (κ2) is 7.38. The molecule has 0 aliphatic carbocycles. The monoisotopic (exact) mass is 287 g/mol. The summed E-state index contributed by atoms with van der Waals surface area (Å²) in [5.74, 6) is -0.941. The highest BCUT2D eigenvalue weighted by atomic mass is 16.6. The zero-order chi connectivity index (χ0) is 15.1. The molecule has 21 heavy (non-hydrogen) atoms. The SMILES string of the molecule is CCOC(=O)COC(=O)CCc1ccnc2ccccc12. The van der Waals surface area contributed by atoms with Crippen LogP contribution in [0.4, 0.5) is 0 Å². The lowest BCUT2D eigenvalue weighted by molar-refractivity contribution is -0.158. The van der Waals surface area contributed by atoms with E-state index in [1.807, 2.05) is 30.3 Å². The number of nitrogens with zero attached hydrogens (tertiary/aromatic N) is 1. The van der Waals surface area contributed by atoms with Crippen LogP contribution < -0.4 is 0 Å². The molecule has 0 atom stereocenters. The Morgan fingerprint density at radius 2 is 1.90 bits per heavy atom. The largest absolute Gasteiger partial charge is 0.463 e. The minimum atomic E-state index is -0.528. The van der Waals surface area contributed by atoms with Crippen LogP contribution in [0.1, 0.15) is 18.9 Å². The molecular formula is C16H17NO4. The van der Waals surface area contributed by atoms with Gasteiger partial charge >= 0.3 is 11.9 Å². The summed E-state index contributed by atoms with van der Waals surface area (Å²) in [5.41, 5.74) is 1.93. The predicted octanol–water partition coefficient (Wildman–Crippen LogP) is 2.27. The van der Waals surface area contributed by atoms with Crippen LogP contribution in [0.3, 0.4) is 0 Å². The first-order valence-electron chi connectivity index (χ1n) is 6.84. The number of para-hydroxylation sites is 1. The first-order chi connectivity index (χ1) is 10.2. The second-order valence-electron chi connectivity index (χ2n) is 4.45. The van der Waals surface area contributed by atoms with Crippen molar-refractivity contribution < 1.29 is 19.1 Å². The summed E-state index contributed by atoms with van der Waals surface area (Å²) in [6, 6.07) is 9.65. The Kier molecular flexibility index (Phi) is 5.26. The van der Waals surface area contributed by atoms with E-state index in [0.717, 1.165) is 16.5 Å². The highest BCUT2D eigenvalue weighted by Gasteiger charge is 2.09. The van der Waals surface area contributed by atoms with E-state index in [-0.39, 0.29) is 19.6 Å². The quantitative estimate of drug-likeness (QED) is 0.763. The second-order valence-corrected chi connectivity index (χ2v) is 4.45. The molecule has 2 rings (SSSR count). The molecule has 110 valence electrons. The average Bonchev–Trinajstić information content (AvgIpc) is 2.51. The Labute approximate surface area is 122 Å². The minimum Gasteiger partial charge on any atom is -0.463 e.